The summed E-state index contributed by atoms with van der Waals surface area (Å²) in [6.07, 6.45) is 3.70. The standard InChI is InChI=1S/C19H23ClN6O/c1-12-15(10-21)18(23-13(2)17(12)20)26-9-5-6-14(11-26)25(3)19-22-8-7-16(24-19)27-4/h7-8,14H,5-6,9,11H2,1-4H3. The van der Waals surface area contributed by atoms with Crippen molar-refractivity contribution in [3.63, 3.8) is 0 Å². The lowest BCUT2D eigenvalue weighted by molar-refractivity contribution is 0.395. The maximum atomic E-state index is 9.64. The Hall–Kier alpha value is -2.59. The van der Waals surface area contributed by atoms with E-state index in [1.165, 1.54) is 0 Å². The average molecular weight is 387 g/mol. The maximum Gasteiger partial charge on any atom is 0.228 e. The molecule has 142 valence electrons. The minimum Gasteiger partial charge on any atom is -0.481 e. The van der Waals surface area contributed by atoms with Gasteiger partial charge in [0, 0.05) is 38.4 Å². The molecule has 0 aromatic carbocycles. The van der Waals surface area contributed by atoms with Crippen LogP contribution in [-0.4, -0.2) is 48.2 Å². The van der Waals surface area contributed by atoms with Crippen molar-refractivity contribution < 1.29 is 4.74 Å². The second-order valence-corrected chi connectivity index (χ2v) is 7.08. The van der Waals surface area contributed by atoms with Gasteiger partial charge in [-0.2, -0.15) is 10.2 Å². The van der Waals surface area contributed by atoms with E-state index in [-0.39, 0.29) is 6.04 Å². The molecule has 3 heterocycles. The van der Waals surface area contributed by atoms with Crippen molar-refractivity contribution in [2.75, 3.05) is 37.0 Å². The molecule has 3 rings (SSSR count). The number of halogens is 1. The lowest BCUT2D eigenvalue weighted by Gasteiger charge is -2.38. The van der Waals surface area contributed by atoms with Crippen LogP contribution in [-0.2, 0) is 0 Å². The van der Waals surface area contributed by atoms with Gasteiger partial charge < -0.3 is 14.5 Å². The van der Waals surface area contributed by atoms with Gasteiger partial charge in [0.25, 0.3) is 0 Å². The van der Waals surface area contributed by atoms with Crippen LogP contribution in [0.1, 0.15) is 29.7 Å². The summed E-state index contributed by atoms with van der Waals surface area (Å²) in [7, 11) is 3.58. The summed E-state index contributed by atoms with van der Waals surface area (Å²) < 4.78 is 5.20. The Bertz CT molecular complexity index is 881. The zero-order chi connectivity index (χ0) is 19.6. The number of hydrogen-bond acceptors (Lipinski definition) is 7. The number of likely N-dealkylation sites (N-methyl/N-ethyl adjacent to an activating group) is 1. The largest absolute Gasteiger partial charge is 0.481 e. The number of nitriles is 1. The molecule has 0 saturated carbocycles. The minimum absolute atomic E-state index is 0.204. The van der Waals surface area contributed by atoms with E-state index in [1.807, 2.05) is 20.9 Å². The monoisotopic (exact) mass is 386 g/mol. The summed E-state index contributed by atoms with van der Waals surface area (Å²) >= 11 is 6.29. The van der Waals surface area contributed by atoms with Crippen LogP contribution < -0.4 is 14.5 Å². The number of anilines is 2. The molecule has 1 aliphatic rings. The van der Waals surface area contributed by atoms with Gasteiger partial charge in [-0.05, 0) is 32.3 Å². The molecule has 0 radical (unpaired) electrons. The van der Waals surface area contributed by atoms with Gasteiger partial charge in [-0.15, -0.1) is 0 Å². The smallest absolute Gasteiger partial charge is 0.228 e. The number of ether oxygens (including phenoxy) is 1. The predicted molar refractivity (Wildman–Crippen MR) is 106 cm³/mol. The summed E-state index contributed by atoms with van der Waals surface area (Å²) in [5.74, 6) is 1.87. The zero-order valence-corrected chi connectivity index (χ0v) is 16.8. The Morgan fingerprint density at radius 3 is 2.85 bits per heavy atom. The van der Waals surface area contributed by atoms with E-state index >= 15 is 0 Å². The van der Waals surface area contributed by atoms with E-state index in [2.05, 4.69) is 30.8 Å². The van der Waals surface area contributed by atoms with E-state index < -0.39 is 0 Å². The van der Waals surface area contributed by atoms with E-state index in [4.69, 9.17) is 16.3 Å². The molecule has 1 fully saturated rings. The first-order valence-corrected chi connectivity index (χ1v) is 9.25. The highest BCUT2D eigenvalue weighted by Gasteiger charge is 2.28. The van der Waals surface area contributed by atoms with Gasteiger partial charge in [-0.25, -0.2) is 9.97 Å². The molecule has 1 unspecified atom stereocenters. The molecule has 0 N–H and O–H groups in total. The molecule has 1 saturated heterocycles. The number of hydrogen-bond donors (Lipinski definition) is 0. The predicted octanol–water partition coefficient (Wildman–Crippen LogP) is 3.13. The van der Waals surface area contributed by atoms with Crippen LogP contribution >= 0.6 is 11.6 Å². The molecule has 7 nitrogen and oxygen atoms in total. The molecule has 0 amide bonds. The second-order valence-electron chi connectivity index (χ2n) is 6.70. The number of rotatable bonds is 4. The molecular formula is C19H23ClN6O. The topological polar surface area (TPSA) is 78.2 Å². The number of pyridine rings is 1. The molecule has 2 aromatic rings. The fourth-order valence-corrected chi connectivity index (χ4v) is 3.55. The van der Waals surface area contributed by atoms with Crippen molar-refractivity contribution in [2.24, 2.45) is 0 Å². The van der Waals surface area contributed by atoms with Gasteiger partial charge in [0.05, 0.1) is 23.4 Å². The Morgan fingerprint density at radius 1 is 1.37 bits per heavy atom. The van der Waals surface area contributed by atoms with Crippen molar-refractivity contribution in [2.45, 2.75) is 32.7 Å². The fraction of sp³-hybridized carbons (Fsp3) is 0.474. The highest BCUT2D eigenvalue weighted by molar-refractivity contribution is 6.32. The highest BCUT2D eigenvalue weighted by Crippen LogP contribution is 2.31. The minimum atomic E-state index is 0.204. The molecule has 0 spiro atoms. The van der Waals surface area contributed by atoms with Gasteiger partial charge in [0.15, 0.2) is 0 Å². The van der Waals surface area contributed by atoms with Gasteiger partial charge in [-0.1, -0.05) is 11.6 Å². The van der Waals surface area contributed by atoms with Crippen molar-refractivity contribution in [1.82, 2.24) is 15.0 Å². The summed E-state index contributed by atoms with van der Waals surface area (Å²) in [5, 5.41) is 10.2. The molecular weight excluding hydrogens is 364 g/mol. The highest BCUT2D eigenvalue weighted by atomic mass is 35.5. The van der Waals surface area contributed by atoms with Crippen LogP contribution in [0.4, 0.5) is 11.8 Å². The molecule has 1 aliphatic heterocycles. The number of nitrogens with zero attached hydrogens (tertiary/aromatic N) is 6. The second kappa shape index (κ2) is 7.97. The average Bonchev–Trinajstić information content (AvgIpc) is 2.71. The summed E-state index contributed by atoms with van der Waals surface area (Å²) in [6, 6.07) is 4.21. The van der Waals surface area contributed by atoms with Crippen LogP contribution in [0.5, 0.6) is 5.88 Å². The first-order valence-electron chi connectivity index (χ1n) is 8.87. The number of aryl methyl sites for hydroxylation is 1. The first-order chi connectivity index (χ1) is 13.0. The van der Waals surface area contributed by atoms with Crippen molar-refractivity contribution in [3.05, 3.63) is 34.1 Å². The van der Waals surface area contributed by atoms with Crippen LogP contribution in [0.3, 0.4) is 0 Å². The quantitative estimate of drug-likeness (QED) is 0.798. The number of piperidine rings is 1. The molecule has 1 atom stereocenters. The maximum absolute atomic E-state index is 9.64. The third kappa shape index (κ3) is 3.76. The van der Waals surface area contributed by atoms with Crippen molar-refractivity contribution >= 4 is 23.4 Å². The summed E-state index contributed by atoms with van der Waals surface area (Å²) in [4.78, 5) is 17.6. The summed E-state index contributed by atoms with van der Waals surface area (Å²) in [5.41, 5.74) is 2.08. The molecule has 27 heavy (non-hydrogen) atoms. The number of aromatic nitrogens is 3. The molecule has 0 bridgehead atoms. The molecule has 0 aliphatic carbocycles. The lowest BCUT2D eigenvalue weighted by atomic mass is 10.0. The lowest BCUT2D eigenvalue weighted by Crippen LogP contribution is -2.47. The van der Waals surface area contributed by atoms with Crippen LogP contribution in [0.25, 0.3) is 0 Å². The third-order valence-electron chi connectivity index (χ3n) is 5.02. The van der Waals surface area contributed by atoms with Gasteiger partial charge >= 0.3 is 0 Å². The van der Waals surface area contributed by atoms with Crippen molar-refractivity contribution in [3.8, 4) is 11.9 Å². The van der Waals surface area contributed by atoms with Crippen LogP contribution in [0, 0.1) is 25.2 Å². The van der Waals surface area contributed by atoms with E-state index in [9.17, 15) is 5.26 Å². The molecule has 8 heteroatoms. The third-order valence-corrected chi connectivity index (χ3v) is 5.57. The van der Waals surface area contributed by atoms with Gasteiger partial charge in [0.1, 0.15) is 11.9 Å². The normalized spacial score (nSPS) is 16.7. The van der Waals surface area contributed by atoms with E-state index in [0.29, 0.717) is 28.2 Å². The van der Waals surface area contributed by atoms with Gasteiger partial charge in [0.2, 0.25) is 11.8 Å². The fourth-order valence-electron chi connectivity index (χ4n) is 3.42. The first kappa shape index (κ1) is 19.2. The van der Waals surface area contributed by atoms with E-state index in [0.717, 1.165) is 37.2 Å². The number of methoxy groups -OCH3 is 1. The van der Waals surface area contributed by atoms with Crippen LogP contribution in [0.2, 0.25) is 5.02 Å². The Morgan fingerprint density at radius 2 is 2.15 bits per heavy atom. The Balaban J connectivity index is 1.87. The van der Waals surface area contributed by atoms with Crippen LogP contribution in [0.15, 0.2) is 12.3 Å². The SMILES string of the molecule is COc1ccnc(N(C)C2CCCN(c3nc(C)c(Cl)c(C)c3C#N)C2)n1. The summed E-state index contributed by atoms with van der Waals surface area (Å²) in [6.45, 7) is 5.33. The Labute approximate surface area is 164 Å². The zero-order valence-electron chi connectivity index (χ0n) is 16.0. The van der Waals surface area contributed by atoms with E-state index in [1.54, 1.807) is 19.4 Å². The van der Waals surface area contributed by atoms with Crippen molar-refractivity contribution in [1.29, 1.82) is 5.26 Å². The Kier molecular flexibility index (Phi) is 5.66. The molecule has 2 aromatic heterocycles. The van der Waals surface area contributed by atoms with Gasteiger partial charge in [-0.3, -0.25) is 0 Å².